The van der Waals surface area contributed by atoms with Crippen LogP contribution in [0, 0.1) is 0 Å². The fourth-order valence-electron chi connectivity index (χ4n) is 1.12. The fourth-order valence-corrected chi connectivity index (χ4v) is 1.12. The van der Waals surface area contributed by atoms with Crippen molar-refractivity contribution >= 4 is 5.97 Å². The highest BCUT2D eigenvalue weighted by atomic mass is 16.4. The van der Waals surface area contributed by atoms with Crippen LogP contribution in [-0.2, 0) is 6.42 Å². The minimum absolute atomic E-state index is 0.272. The number of aromatic carboxylic acids is 1. The molecule has 0 amide bonds. The molecular formula is C10H13NO2. The van der Waals surface area contributed by atoms with Crippen LogP contribution in [0.1, 0.15) is 35.7 Å². The number of unbranched alkanes of at least 4 members (excludes halogenated alkanes) is 1. The van der Waals surface area contributed by atoms with E-state index in [0.717, 1.165) is 24.8 Å². The van der Waals surface area contributed by atoms with Gasteiger partial charge in [-0.25, -0.2) is 4.79 Å². The number of nitrogens with zero attached hydrogens (tertiary/aromatic N) is 1. The molecular weight excluding hydrogens is 166 g/mol. The molecule has 0 bridgehead atoms. The fraction of sp³-hybridized carbons (Fsp3) is 0.400. The highest BCUT2D eigenvalue weighted by Crippen LogP contribution is 2.06. The van der Waals surface area contributed by atoms with Crippen LogP contribution in [0.2, 0.25) is 0 Å². The van der Waals surface area contributed by atoms with Gasteiger partial charge in [-0.05, 0) is 24.5 Å². The van der Waals surface area contributed by atoms with Gasteiger partial charge in [0.2, 0.25) is 0 Å². The number of hydrogen-bond acceptors (Lipinski definition) is 2. The monoisotopic (exact) mass is 179 g/mol. The zero-order chi connectivity index (χ0) is 9.68. The average molecular weight is 179 g/mol. The van der Waals surface area contributed by atoms with Crippen LogP contribution in [-0.4, -0.2) is 16.1 Å². The average Bonchev–Trinajstić information content (AvgIpc) is 2.15. The number of hydrogen-bond donors (Lipinski definition) is 1. The molecule has 1 N–H and O–H groups in total. The van der Waals surface area contributed by atoms with Gasteiger partial charge in [-0.15, -0.1) is 0 Å². The Labute approximate surface area is 77.4 Å². The summed E-state index contributed by atoms with van der Waals surface area (Å²) in [7, 11) is 0. The van der Waals surface area contributed by atoms with E-state index in [2.05, 4.69) is 11.9 Å². The first-order valence-electron chi connectivity index (χ1n) is 4.41. The van der Waals surface area contributed by atoms with E-state index in [1.165, 1.54) is 6.20 Å². The van der Waals surface area contributed by atoms with Gasteiger partial charge in [0.25, 0.3) is 0 Å². The van der Waals surface area contributed by atoms with Crippen molar-refractivity contribution < 1.29 is 9.90 Å². The first kappa shape index (κ1) is 9.71. The highest BCUT2D eigenvalue weighted by Gasteiger charge is 2.03. The lowest BCUT2D eigenvalue weighted by atomic mass is 10.1. The van der Waals surface area contributed by atoms with Gasteiger partial charge in [0.15, 0.2) is 0 Å². The molecule has 0 saturated carbocycles. The summed E-state index contributed by atoms with van der Waals surface area (Å²) in [6.07, 6.45) is 6.19. The molecule has 3 nitrogen and oxygen atoms in total. The largest absolute Gasteiger partial charge is 0.478 e. The molecule has 0 aliphatic carbocycles. The lowest BCUT2D eigenvalue weighted by molar-refractivity contribution is 0.0696. The van der Waals surface area contributed by atoms with E-state index in [-0.39, 0.29) is 5.56 Å². The maximum Gasteiger partial charge on any atom is 0.337 e. The van der Waals surface area contributed by atoms with E-state index in [4.69, 9.17) is 5.11 Å². The molecule has 70 valence electrons. The SMILES string of the molecule is CCCCc1cncc(C(=O)O)c1. The van der Waals surface area contributed by atoms with Crippen molar-refractivity contribution in [3.63, 3.8) is 0 Å². The molecule has 1 heterocycles. The Kier molecular flexibility index (Phi) is 3.43. The number of aryl methyl sites for hydroxylation is 1. The molecule has 13 heavy (non-hydrogen) atoms. The predicted octanol–water partition coefficient (Wildman–Crippen LogP) is 2.12. The van der Waals surface area contributed by atoms with Gasteiger partial charge in [0.1, 0.15) is 0 Å². The van der Waals surface area contributed by atoms with Gasteiger partial charge in [-0.2, -0.15) is 0 Å². The Morgan fingerprint density at radius 1 is 1.54 bits per heavy atom. The first-order valence-corrected chi connectivity index (χ1v) is 4.41. The first-order chi connectivity index (χ1) is 6.24. The molecule has 0 unspecified atom stereocenters. The number of carbonyl (C=O) groups is 1. The third kappa shape index (κ3) is 2.86. The van der Waals surface area contributed by atoms with Gasteiger partial charge in [-0.3, -0.25) is 4.98 Å². The van der Waals surface area contributed by atoms with Crippen LogP contribution < -0.4 is 0 Å². The maximum atomic E-state index is 10.6. The quantitative estimate of drug-likeness (QED) is 0.770. The number of carboxylic acid groups (broad SMARTS) is 1. The molecule has 1 aromatic heterocycles. The van der Waals surface area contributed by atoms with Crippen LogP contribution in [0.4, 0.5) is 0 Å². The van der Waals surface area contributed by atoms with Crippen molar-refractivity contribution in [2.24, 2.45) is 0 Å². The standard InChI is InChI=1S/C10H13NO2/c1-2-3-4-8-5-9(10(12)13)7-11-6-8/h5-7H,2-4H2,1H3,(H,12,13). The van der Waals surface area contributed by atoms with Gasteiger partial charge >= 0.3 is 5.97 Å². The minimum Gasteiger partial charge on any atom is -0.478 e. The van der Waals surface area contributed by atoms with E-state index in [1.807, 2.05) is 0 Å². The van der Waals surface area contributed by atoms with E-state index in [9.17, 15) is 4.79 Å². The van der Waals surface area contributed by atoms with Crippen molar-refractivity contribution in [1.29, 1.82) is 0 Å². The molecule has 0 saturated heterocycles. The Morgan fingerprint density at radius 3 is 2.92 bits per heavy atom. The van der Waals surface area contributed by atoms with Crippen molar-refractivity contribution in [1.82, 2.24) is 4.98 Å². The molecule has 0 radical (unpaired) electrons. The molecule has 0 spiro atoms. The molecule has 0 aliphatic heterocycles. The topological polar surface area (TPSA) is 50.2 Å². The summed E-state index contributed by atoms with van der Waals surface area (Å²) in [5.41, 5.74) is 1.27. The van der Waals surface area contributed by atoms with Crippen LogP contribution in [0.3, 0.4) is 0 Å². The molecule has 0 fully saturated rings. The molecule has 3 heteroatoms. The normalized spacial score (nSPS) is 9.92. The van der Waals surface area contributed by atoms with Gasteiger partial charge < -0.3 is 5.11 Å². The third-order valence-electron chi connectivity index (χ3n) is 1.86. The Bertz CT molecular complexity index is 297. The van der Waals surface area contributed by atoms with E-state index in [1.54, 1.807) is 12.3 Å². The summed E-state index contributed by atoms with van der Waals surface area (Å²) < 4.78 is 0. The van der Waals surface area contributed by atoms with E-state index in [0.29, 0.717) is 0 Å². The summed E-state index contributed by atoms with van der Waals surface area (Å²) in [5, 5.41) is 8.69. The zero-order valence-corrected chi connectivity index (χ0v) is 7.66. The summed E-state index contributed by atoms with van der Waals surface area (Å²) >= 11 is 0. The zero-order valence-electron chi connectivity index (χ0n) is 7.66. The lowest BCUT2D eigenvalue weighted by Crippen LogP contribution is -1.98. The highest BCUT2D eigenvalue weighted by molar-refractivity contribution is 5.87. The summed E-state index contributed by atoms with van der Waals surface area (Å²) in [5.74, 6) is -0.911. The van der Waals surface area contributed by atoms with Gasteiger partial charge in [-0.1, -0.05) is 13.3 Å². The van der Waals surface area contributed by atoms with Crippen molar-refractivity contribution in [2.45, 2.75) is 26.2 Å². The summed E-state index contributed by atoms with van der Waals surface area (Å²) in [4.78, 5) is 14.5. The number of carboxylic acids is 1. The Balaban J connectivity index is 2.73. The number of aromatic nitrogens is 1. The number of pyridine rings is 1. The van der Waals surface area contributed by atoms with Crippen LogP contribution in [0.15, 0.2) is 18.5 Å². The van der Waals surface area contributed by atoms with Crippen molar-refractivity contribution in [3.05, 3.63) is 29.6 Å². The van der Waals surface area contributed by atoms with Gasteiger partial charge in [0.05, 0.1) is 5.56 Å². The van der Waals surface area contributed by atoms with E-state index < -0.39 is 5.97 Å². The smallest absolute Gasteiger partial charge is 0.337 e. The predicted molar refractivity (Wildman–Crippen MR) is 49.8 cm³/mol. The van der Waals surface area contributed by atoms with E-state index >= 15 is 0 Å². The maximum absolute atomic E-state index is 10.6. The molecule has 1 aromatic rings. The van der Waals surface area contributed by atoms with Crippen LogP contribution in [0.25, 0.3) is 0 Å². The second-order valence-electron chi connectivity index (χ2n) is 2.99. The van der Waals surface area contributed by atoms with Crippen molar-refractivity contribution in [3.8, 4) is 0 Å². The third-order valence-corrected chi connectivity index (χ3v) is 1.86. The van der Waals surface area contributed by atoms with Gasteiger partial charge in [0, 0.05) is 12.4 Å². The lowest BCUT2D eigenvalue weighted by Gasteiger charge is -1.99. The summed E-state index contributed by atoms with van der Waals surface area (Å²) in [6.45, 7) is 2.11. The number of rotatable bonds is 4. The molecule has 1 rings (SSSR count). The molecule has 0 aliphatic rings. The van der Waals surface area contributed by atoms with Crippen LogP contribution >= 0.6 is 0 Å². The Morgan fingerprint density at radius 2 is 2.31 bits per heavy atom. The second-order valence-corrected chi connectivity index (χ2v) is 2.99. The minimum atomic E-state index is -0.911. The summed E-state index contributed by atoms with van der Waals surface area (Å²) in [6, 6.07) is 1.69. The van der Waals surface area contributed by atoms with Crippen LogP contribution in [0.5, 0.6) is 0 Å². The Hall–Kier alpha value is -1.38. The molecule has 0 atom stereocenters. The second kappa shape index (κ2) is 4.60. The van der Waals surface area contributed by atoms with Crippen molar-refractivity contribution in [2.75, 3.05) is 0 Å². The molecule has 0 aromatic carbocycles.